The maximum absolute atomic E-state index is 12.9. The van der Waals surface area contributed by atoms with Crippen LogP contribution in [0.1, 0.15) is 45.3 Å². The molecule has 3 N–H and O–H groups in total. The van der Waals surface area contributed by atoms with E-state index in [0.717, 1.165) is 6.42 Å². The molecule has 0 aromatic heterocycles. The van der Waals surface area contributed by atoms with Crippen molar-refractivity contribution in [3.05, 3.63) is 35.6 Å². The molecule has 0 heterocycles. The number of nitrogens with zero attached hydrogens (tertiary/aromatic N) is 1. The number of hydrogen-bond acceptors (Lipinski definition) is 3. The number of nitrogens with two attached hydrogens (primary N) is 1. The standard InChI is InChI=1S/C17H27FN2O2.ClH/c1-4-5-15(19)17(22)20(10-12(2)3)11-16(21)13-6-8-14(18)9-7-13;/h6-9,12,15-16,21H,4-5,10-11,19H2,1-3H3;1H. The van der Waals surface area contributed by atoms with E-state index in [4.69, 9.17) is 5.73 Å². The van der Waals surface area contributed by atoms with Crippen LogP contribution in [0.25, 0.3) is 0 Å². The Kier molecular flexibility index (Phi) is 10.0. The number of aliphatic hydroxyl groups excluding tert-OH is 1. The van der Waals surface area contributed by atoms with E-state index < -0.39 is 12.1 Å². The van der Waals surface area contributed by atoms with E-state index in [-0.39, 0.29) is 36.6 Å². The van der Waals surface area contributed by atoms with Crippen LogP contribution in [0.15, 0.2) is 24.3 Å². The van der Waals surface area contributed by atoms with Crippen LogP contribution >= 0.6 is 12.4 Å². The van der Waals surface area contributed by atoms with E-state index in [2.05, 4.69) is 0 Å². The van der Waals surface area contributed by atoms with Crippen LogP contribution in [0.4, 0.5) is 4.39 Å². The maximum Gasteiger partial charge on any atom is 0.239 e. The zero-order valence-electron chi connectivity index (χ0n) is 14.0. The zero-order valence-corrected chi connectivity index (χ0v) is 14.9. The molecule has 0 bridgehead atoms. The molecule has 0 aliphatic heterocycles. The van der Waals surface area contributed by atoms with Crippen LogP contribution < -0.4 is 5.73 Å². The molecule has 4 nitrogen and oxygen atoms in total. The summed E-state index contributed by atoms with van der Waals surface area (Å²) in [6.45, 7) is 6.70. The van der Waals surface area contributed by atoms with E-state index >= 15 is 0 Å². The molecule has 0 saturated carbocycles. The van der Waals surface area contributed by atoms with Gasteiger partial charge in [0.1, 0.15) is 5.82 Å². The minimum absolute atomic E-state index is 0. The highest BCUT2D eigenvalue weighted by molar-refractivity contribution is 5.85. The van der Waals surface area contributed by atoms with Gasteiger partial charge in [0.2, 0.25) is 5.91 Å². The highest BCUT2D eigenvalue weighted by atomic mass is 35.5. The van der Waals surface area contributed by atoms with E-state index in [0.29, 0.717) is 18.5 Å². The van der Waals surface area contributed by atoms with Crippen LogP contribution in [-0.4, -0.2) is 35.0 Å². The van der Waals surface area contributed by atoms with E-state index in [1.807, 2.05) is 20.8 Å². The van der Waals surface area contributed by atoms with Crippen molar-refractivity contribution in [1.29, 1.82) is 0 Å². The third-order valence-corrected chi connectivity index (χ3v) is 3.46. The molecule has 0 aliphatic rings. The molecule has 0 aliphatic carbocycles. The summed E-state index contributed by atoms with van der Waals surface area (Å²) in [6, 6.07) is 5.13. The van der Waals surface area contributed by atoms with Crippen molar-refractivity contribution < 1.29 is 14.3 Å². The fourth-order valence-electron chi connectivity index (χ4n) is 2.36. The third-order valence-electron chi connectivity index (χ3n) is 3.46. The monoisotopic (exact) mass is 346 g/mol. The lowest BCUT2D eigenvalue weighted by Gasteiger charge is -2.29. The molecule has 6 heteroatoms. The molecule has 0 saturated heterocycles. The first-order chi connectivity index (χ1) is 10.3. The van der Waals surface area contributed by atoms with Gasteiger partial charge in [0.05, 0.1) is 18.7 Å². The van der Waals surface area contributed by atoms with Gasteiger partial charge in [-0.3, -0.25) is 4.79 Å². The first-order valence-corrected chi connectivity index (χ1v) is 7.83. The lowest BCUT2D eigenvalue weighted by Crippen LogP contribution is -2.46. The Morgan fingerprint density at radius 3 is 2.30 bits per heavy atom. The van der Waals surface area contributed by atoms with Gasteiger partial charge in [0.25, 0.3) is 0 Å². The normalized spacial score (nSPS) is 13.3. The number of hydrogen-bond donors (Lipinski definition) is 2. The number of carbonyl (C=O) groups excluding carboxylic acids is 1. The second-order valence-corrected chi connectivity index (χ2v) is 6.10. The summed E-state index contributed by atoms with van der Waals surface area (Å²) in [5.41, 5.74) is 6.51. The summed E-state index contributed by atoms with van der Waals surface area (Å²) in [5.74, 6) is -0.217. The van der Waals surface area contributed by atoms with Gasteiger partial charge in [-0.05, 0) is 30.0 Å². The number of aliphatic hydroxyl groups is 1. The summed E-state index contributed by atoms with van der Waals surface area (Å²) in [4.78, 5) is 14.0. The van der Waals surface area contributed by atoms with Gasteiger partial charge >= 0.3 is 0 Å². The van der Waals surface area contributed by atoms with Crippen LogP contribution in [0.3, 0.4) is 0 Å². The van der Waals surface area contributed by atoms with Crippen LogP contribution in [0, 0.1) is 11.7 Å². The van der Waals surface area contributed by atoms with Crippen molar-refractivity contribution in [1.82, 2.24) is 4.90 Å². The molecule has 0 radical (unpaired) electrons. The number of carbonyl (C=O) groups is 1. The van der Waals surface area contributed by atoms with Gasteiger partial charge in [0, 0.05) is 6.54 Å². The quantitative estimate of drug-likeness (QED) is 0.760. The molecule has 2 atom stereocenters. The first kappa shape index (κ1) is 21.8. The second-order valence-electron chi connectivity index (χ2n) is 6.10. The fraction of sp³-hybridized carbons (Fsp3) is 0.588. The first-order valence-electron chi connectivity index (χ1n) is 7.83. The van der Waals surface area contributed by atoms with Crippen molar-refractivity contribution in [2.45, 2.75) is 45.8 Å². The maximum atomic E-state index is 12.9. The molecule has 1 aromatic carbocycles. The molecule has 0 spiro atoms. The Hall–Kier alpha value is -1.17. The van der Waals surface area contributed by atoms with Gasteiger partial charge in [-0.2, -0.15) is 0 Å². The average Bonchev–Trinajstić information content (AvgIpc) is 2.46. The Balaban J connectivity index is 0.00000484. The molecule has 1 rings (SSSR count). The van der Waals surface area contributed by atoms with Gasteiger partial charge in [-0.15, -0.1) is 12.4 Å². The van der Waals surface area contributed by atoms with Crippen LogP contribution in [0.5, 0.6) is 0 Å². The van der Waals surface area contributed by atoms with Crippen molar-refractivity contribution in [2.75, 3.05) is 13.1 Å². The zero-order chi connectivity index (χ0) is 16.7. The lowest BCUT2D eigenvalue weighted by atomic mass is 10.1. The topological polar surface area (TPSA) is 66.6 Å². The Bertz CT molecular complexity index is 468. The highest BCUT2D eigenvalue weighted by Crippen LogP contribution is 2.16. The molecule has 1 aromatic rings. The third kappa shape index (κ3) is 7.29. The molecule has 0 fully saturated rings. The predicted molar refractivity (Wildman–Crippen MR) is 92.9 cm³/mol. The summed E-state index contributed by atoms with van der Waals surface area (Å²) in [7, 11) is 0. The van der Waals surface area contributed by atoms with Crippen LogP contribution in [0.2, 0.25) is 0 Å². The smallest absolute Gasteiger partial charge is 0.239 e. The summed E-state index contributed by atoms with van der Waals surface area (Å²) < 4.78 is 12.9. The van der Waals surface area contributed by atoms with Crippen molar-refractivity contribution >= 4 is 18.3 Å². The van der Waals surface area contributed by atoms with E-state index in [1.54, 1.807) is 4.90 Å². The van der Waals surface area contributed by atoms with Gasteiger partial charge in [0.15, 0.2) is 0 Å². The Morgan fingerprint density at radius 2 is 1.83 bits per heavy atom. The van der Waals surface area contributed by atoms with E-state index in [9.17, 15) is 14.3 Å². The molecule has 132 valence electrons. The van der Waals surface area contributed by atoms with Gasteiger partial charge in [-0.1, -0.05) is 39.3 Å². The highest BCUT2D eigenvalue weighted by Gasteiger charge is 2.24. The Morgan fingerprint density at radius 1 is 1.26 bits per heavy atom. The van der Waals surface area contributed by atoms with Gasteiger partial charge < -0.3 is 15.7 Å². The summed E-state index contributed by atoms with van der Waals surface area (Å²) in [5, 5.41) is 10.3. The molecule has 23 heavy (non-hydrogen) atoms. The van der Waals surface area contributed by atoms with Crippen molar-refractivity contribution in [2.24, 2.45) is 11.7 Å². The number of halogens is 2. The minimum Gasteiger partial charge on any atom is -0.387 e. The SMILES string of the molecule is CCCC(N)C(=O)N(CC(C)C)CC(O)c1ccc(F)cc1.Cl. The fourth-order valence-corrected chi connectivity index (χ4v) is 2.36. The minimum atomic E-state index is -0.850. The Labute approximate surface area is 144 Å². The predicted octanol–water partition coefficient (Wildman–Crippen LogP) is 2.89. The molecule has 2 unspecified atom stereocenters. The number of benzene rings is 1. The van der Waals surface area contributed by atoms with Crippen LogP contribution in [-0.2, 0) is 4.79 Å². The van der Waals surface area contributed by atoms with Gasteiger partial charge in [-0.25, -0.2) is 4.39 Å². The van der Waals surface area contributed by atoms with Crippen molar-refractivity contribution in [3.8, 4) is 0 Å². The summed E-state index contributed by atoms with van der Waals surface area (Å²) >= 11 is 0. The van der Waals surface area contributed by atoms with E-state index in [1.165, 1.54) is 24.3 Å². The molecular formula is C17H28ClFN2O2. The average molecular weight is 347 g/mol. The lowest BCUT2D eigenvalue weighted by molar-refractivity contribution is -0.134. The molecular weight excluding hydrogens is 319 g/mol. The number of amides is 1. The largest absolute Gasteiger partial charge is 0.387 e. The molecule has 1 amide bonds. The summed E-state index contributed by atoms with van der Waals surface area (Å²) in [6.07, 6.45) is 0.611. The number of rotatable bonds is 8. The van der Waals surface area contributed by atoms with Crippen molar-refractivity contribution in [3.63, 3.8) is 0 Å². The second kappa shape index (κ2) is 10.6.